The van der Waals surface area contributed by atoms with Gasteiger partial charge >= 0.3 is 0 Å². The number of hydrogen-bond donors (Lipinski definition) is 0. The number of hydrogen-bond acceptors (Lipinski definition) is 5. The van der Waals surface area contributed by atoms with E-state index in [4.69, 9.17) is 9.47 Å². The summed E-state index contributed by atoms with van der Waals surface area (Å²) in [5, 5.41) is 9.48. The van der Waals surface area contributed by atoms with Crippen LogP contribution in [-0.4, -0.2) is 43.8 Å². The molecule has 1 fully saturated rings. The number of ether oxygens (including phenoxy) is 2. The molecule has 0 unspecified atom stereocenters. The number of benzene rings is 2. The standard InChI is InChI=1S/C21H19N3O3/c22-14-17(12-16-6-7-19-20(13-16)27-15-26-19)21(25)24-10-8-23(9-11-24)18-4-2-1-3-5-18/h1-7,12-13H,8-11,15H2/b17-12+. The van der Waals surface area contributed by atoms with E-state index in [1.165, 1.54) is 0 Å². The summed E-state index contributed by atoms with van der Waals surface area (Å²) in [6.45, 7) is 2.87. The topological polar surface area (TPSA) is 65.8 Å². The zero-order valence-electron chi connectivity index (χ0n) is 14.8. The number of fused-ring (bicyclic) bond motifs is 1. The Kier molecular flexibility index (Phi) is 4.67. The first-order valence-electron chi connectivity index (χ1n) is 8.85. The first-order valence-corrected chi connectivity index (χ1v) is 8.85. The predicted molar refractivity (Wildman–Crippen MR) is 101 cm³/mol. The van der Waals surface area contributed by atoms with Crippen LogP contribution < -0.4 is 14.4 Å². The highest BCUT2D eigenvalue weighted by Gasteiger charge is 2.24. The second-order valence-corrected chi connectivity index (χ2v) is 6.40. The molecule has 136 valence electrons. The van der Waals surface area contributed by atoms with Gasteiger partial charge in [-0.05, 0) is 35.9 Å². The number of amides is 1. The summed E-state index contributed by atoms with van der Waals surface area (Å²) in [4.78, 5) is 16.8. The summed E-state index contributed by atoms with van der Waals surface area (Å²) >= 11 is 0. The second kappa shape index (κ2) is 7.42. The van der Waals surface area contributed by atoms with Gasteiger partial charge in [-0.25, -0.2) is 0 Å². The number of para-hydroxylation sites is 1. The Labute approximate surface area is 157 Å². The van der Waals surface area contributed by atoms with Crippen molar-refractivity contribution in [2.24, 2.45) is 0 Å². The third-order valence-electron chi connectivity index (χ3n) is 4.75. The fraction of sp³-hybridized carbons (Fsp3) is 0.238. The van der Waals surface area contributed by atoms with Crippen LogP contribution in [-0.2, 0) is 4.79 Å². The van der Waals surface area contributed by atoms with Crippen LogP contribution >= 0.6 is 0 Å². The third-order valence-corrected chi connectivity index (χ3v) is 4.75. The van der Waals surface area contributed by atoms with Gasteiger partial charge in [0.15, 0.2) is 11.5 Å². The van der Waals surface area contributed by atoms with Crippen molar-refractivity contribution in [2.75, 3.05) is 37.9 Å². The van der Waals surface area contributed by atoms with Crippen LogP contribution in [0.3, 0.4) is 0 Å². The maximum atomic E-state index is 12.8. The van der Waals surface area contributed by atoms with Crippen molar-refractivity contribution in [3.05, 3.63) is 59.7 Å². The van der Waals surface area contributed by atoms with E-state index >= 15 is 0 Å². The third kappa shape index (κ3) is 3.58. The molecule has 1 saturated heterocycles. The van der Waals surface area contributed by atoms with Gasteiger partial charge in [-0.2, -0.15) is 5.26 Å². The molecule has 2 aromatic carbocycles. The smallest absolute Gasteiger partial charge is 0.264 e. The van der Waals surface area contributed by atoms with Crippen LogP contribution in [0.1, 0.15) is 5.56 Å². The van der Waals surface area contributed by atoms with E-state index in [9.17, 15) is 10.1 Å². The molecule has 0 N–H and O–H groups in total. The van der Waals surface area contributed by atoms with Crippen molar-refractivity contribution in [2.45, 2.75) is 0 Å². The Hall–Kier alpha value is -3.46. The zero-order chi connectivity index (χ0) is 18.6. The molecule has 2 heterocycles. The monoisotopic (exact) mass is 361 g/mol. The van der Waals surface area contributed by atoms with Crippen LogP contribution in [0, 0.1) is 11.3 Å². The van der Waals surface area contributed by atoms with Crippen molar-refractivity contribution in [3.8, 4) is 17.6 Å². The van der Waals surface area contributed by atoms with Crippen LogP contribution in [0.4, 0.5) is 5.69 Å². The molecule has 6 heteroatoms. The molecular formula is C21H19N3O3. The summed E-state index contributed by atoms with van der Waals surface area (Å²) in [5.41, 5.74) is 2.02. The summed E-state index contributed by atoms with van der Waals surface area (Å²) in [6.07, 6.45) is 1.61. The molecule has 2 aliphatic heterocycles. The van der Waals surface area contributed by atoms with E-state index in [1.54, 1.807) is 23.1 Å². The predicted octanol–water partition coefficient (Wildman–Crippen LogP) is 2.67. The number of nitriles is 1. The van der Waals surface area contributed by atoms with E-state index < -0.39 is 0 Å². The molecular weight excluding hydrogens is 342 g/mol. The number of piperazine rings is 1. The van der Waals surface area contributed by atoms with E-state index in [0.29, 0.717) is 24.6 Å². The molecule has 0 spiro atoms. The van der Waals surface area contributed by atoms with E-state index in [0.717, 1.165) is 24.3 Å². The lowest BCUT2D eigenvalue weighted by Gasteiger charge is -2.36. The van der Waals surface area contributed by atoms with E-state index in [1.807, 2.05) is 30.3 Å². The normalized spacial score (nSPS) is 16.2. The molecule has 0 radical (unpaired) electrons. The van der Waals surface area contributed by atoms with Gasteiger partial charge in [0.1, 0.15) is 11.6 Å². The fourth-order valence-corrected chi connectivity index (χ4v) is 3.29. The molecule has 1 amide bonds. The Morgan fingerprint density at radius 1 is 1.00 bits per heavy atom. The first kappa shape index (κ1) is 17.0. The Balaban J connectivity index is 1.44. The lowest BCUT2D eigenvalue weighted by atomic mass is 10.1. The lowest BCUT2D eigenvalue weighted by molar-refractivity contribution is -0.126. The number of nitrogens with zero attached hydrogens (tertiary/aromatic N) is 3. The summed E-state index contributed by atoms with van der Waals surface area (Å²) in [6, 6.07) is 17.6. The largest absolute Gasteiger partial charge is 0.454 e. The highest BCUT2D eigenvalue weighted by Crippen LogP contribution is 2.33. The van der Waals surface area contributed by atoms with Crippen LogP contribution in [0.2, 0.25) is 0 Å². The highest BCUT2D eigenvalue weighted by atomic mass is 16.7. The SMILES string of the molecule is N#C/C(=C\c1ccc2c(c1)OCO2)C(=O)N1CCN(c2ccccc2)CC1. The number of carbonyl (C=O) groups excluding carboxylic acids is 1. The molecule has 27 heavy (non-hydrogen) atoms. The van der Waals surface area contributed by atoms with Gasteiger partial charge in [-0.15, -0.1) is 0 Å². The number of carbonyl (C=O) groups is 1. The van der Waals surface area contributed by atoms with Gasteiger partial charge < -0.3 is 19.3 Å². The average molecular weight is 361 g/mol. The maximum absolute atomic E-state index is 12.8. The van der Waals surface area contributed by atoms with Gasteiger partial charge in [0.2, 0.25) is 6.79 Å². The van der Waals surface area contributed by atoms with Crippen molar-refractivity contribution in [1.82, 2.24) is 4.90 Å². The van der Waals surface area contributed by atoms with E-state index in [-0.39, 0.29) is 18.3 Å². The minimum absolute atomic E-state index is 0.127. The first-order chi connectivity index (χ1) is 13.2. The molecule has 0 saturated carbocycles. The van der Waals surface area contributed by atoms with Crippen molar-refractivity contribution < 1.29 is 14.3 Å². The highest BCUT2D eigenvalue weighted by molar-refractivity contribution is 6.01. The van der Waals surface area contributed by atoms with Crippen LogP contribution in [0.25, 0.3) is 6.08 Å². The van der Waals surface area contributed by atoms with Gasteiger partial charge in [0.25, 0.3) is 5.91 Å². The Morgan fingerprint density at radius 2 is 1.74 bits per heavy atom. The van der Waals surface area contributed by atoms with Crippen LogP contribution in [0.5, 0.6) is 11.5 Å². The van der Waals surface area contributed by atoms with Crippen molar-refractivity contribution in [3.63, 3.8) is 0 Å². The van der Waals surface area contributed by atoms with Crippen molar-refractivity contribution in [1.29, 1.82) is 5.26 Å². The molecule has 2 aromatic rings. The van der Waals surface area contributed by atoms with Gasteiger partial charge in [-0.3, -0.25) is 4.79 Å². The van der Waals surface area contributed by atoms with E-state index in [2.05, 4.69) is 17.0 Å². The average Bonchev–Trinajstić information content (AvgIpc) is 3.20. The Morgan fingerprint density at radius 3 is 2.48 bits per heavy atom. The molecule has 4 rings (SSSR count). The summed E-state index contributed by atoms with van der Waals surface area (Å²) in [5.74, 6) is 1.07. The van der Waals surface area contributed by atoms with Crippen LogP contribution in [0.15, 0.2) is 54.1 Å². The number of rotatable bonds is 3. The number of anilines is 1. The Bertz CT molecular complexity index is 910. The minimum Gasteiger partial charge on any atom is -0.454 e. The molecule has 0 atom stereocenters. The maximum Gasteiger partial charge on any atom is 0.264 e. The summed E-state index contributed by atoms with van der Waals surface area (Å²) < 4.78 is 10.6. The molecule has 6 nitrogen and oxygen atoms in total. The van der Waals surface area contributed by atoms with Crippen molar-refractivity contribution >= 4 is 17.7 Å². The van der Waals surface area contributed by atoms with Gasteiger partial charge in [0.05, 0.1) is 0 Å². The van der Waals surface area contributed by atoms with Gasteiger partial charge in [0, 0.05) is 31.9 Å². The molecule has 0 aromatic heterocycles. The lowest BCUT2D eigenvalue weighted by Crippen LogP contribution is -2.49. The minimum atomic E-state index is -0.233. The zero-order valence-corrected chi connectivity index (χ0v) is 14.8. The summed E-state index contributed by atoms with van der Waals surface area (Å²) in [7, 11) is 0. The van der Waals surface area contributed by atoms with Gasteiger partial charge in [-0.1, -0.05) is 24.3 Å². The molecule has 2 aliphatic rings. The fourth-order valence-electron chi connectivity index (χ4n) is 3.29. The molecule has 0 bridgehead atoms. The molecule has 0 aliphatic carbocycles. The second-order valence-electron chi connectivity index (χ2n) is 6.40. The quantitative estimate of drug-likeness (QED) is 0.621.